The molecule has 140 valence electrons. The second-order valence-electron chi connectivity index (χ2n) is 7.86. The van der Waals surface area contributed by atoms with Gasteiger partial charge in [-0.25, -0.2) is 0 Å². The lowest BCUT2D eigenvalue weighted by Gasteiger charge is -2.38. The van der Waals surface area contributed by atoms with E-state index in [1.54, 1.807) is 26.0 Å². The molecule has 1 aliphatic rings. The summed E-state index contributed by atoms with van der Waals surface area (Å²) in [7, 11) is 0. The predicted molar refractivity (Wildman–Crippen MR) is 95.5 cm³/mol. The van der Waals surface area contributed by atoms with Crippen LogP contribution in [0.2, 0.25) is 0 Å². The van der Waals surface area contributed by atoms with Crippen LogP contribution in [-0.2, 0) is 4.79 Å². The van der Waals surface area contributed by atoms with Crippen LogP contribution < -0.4 is 5.43 Å². The molecular weight excluding hydrogens is 341 g/mol. The Morgan fingerprint density at radius 2 is 1.62 bits per heavy atom. The highest BCUT2D eigenvalue weighted by Gasteiger charge is 2.52. The molecule has 2 aromatic carbocycles. The maximum absolute atomic E-state index is 13.9. The summed E-state index contributed by atoms with van der Waals surface area (Å²) in [5, 5.41) is 2.71. The number of amides is 1. The minimum atomic E-state index is -4.52. The van der Waals surface area contributed by atoms with Gasteiger partial charge in [-0.05, 0) is 47.7 Å². The maximum atomic E-state index is 13.9. The second-order valence-corrected chi connectivity index (χ2v) is 7.86. The third kappa shape index (κ3) is 3.43. The van der Waals surface area contributed by atoms with Gasteiger partial charge in [-0.3, -0.25) is 10.2 Å². The van der Waals surface area contributed by atoms with Crippen molar-refractivity contribution in [2.24, 2.45) is 0 Å². The largest absolute Gasteiger partial charge is 0.409 e. The van der Waals surface area contributed by atoms with Gasteiger partial charge < -0.3 is 0 Å². The molecule has 1 amide bonds. The van der Waals surface area contributed by atoms with Gasteiger partial charge in [-0.2, -0.15) is 18.2 Å². The lowest BCUT2D eigenvalue weighted by atomic mass is 9.94. The van der Waals surface area contributed by atoms with Crippen molar-refractivity contribution >= 4 is 16.7 Å². The average molecular weight is 364 g/mol. The van der Waals surface area contributed by atoms with Crippen molar-refractivity contribution in [2.75, 3.05) is 0 Å². The molecule has 3 nitrogen and oxygen atoms in total. The number of benzene rings is 2. The first-order valence-corrected chi connectivity index (χ1v) is 8.68. The highest BCUT2D eigenvalue weighted by atomic mass is 19.4. The molecule has 3 rings (SSSR count). The van der Waals surface area contributed by atoms with Gasteiger partial charge in [-0.15, -0.1) is 0 Å². The van der Waals surface area contributed by atoms with Gasteiger partial charge in [0.15, 0.2) is 6.04 Å². The molecule has 1 N–H and O–H groups in total. The summed E-state index contributed by atoms with van der Waals surface area (Å²) >= 11 is 0. The zero-order chi connectivity index (χ0) is 19.3. The first kappa shape index (κ1) is 18.7. The molecule has 0 spiro atoms. The fourth-order valence-corrected chi connectivity index (χ4v) is 3.51. The number of hydrogen-bond acceptors (Lipinski definition) is 2. The Hall–Kier alpha value is -2.08. The summed E-state index contributed by atoms with van der Waals surface area (Å²) < 4.78 is 41.8. The molecule has 1 fully saturated rings. The number of nitrogens with zero attached hydrogens (tertiary/aromatic N) is 1. The highest BCUT2D eigenvalue weighted by molar-refractivity contribution is 5.84. The molecule has 1 aliphatic heterocycles. The number of rotatable bonds is 3. The van der Waals surface area contributed by atoms with E-state index >= 15 is 0 Å². The lowest BCUT2D eigenvalue weighted by molar-refractivity contribution is -0.203. The summed E-state index contributed by atoms with van der Waals surface area (Å²) in [4.78, 5) is 11.7. The van der Waals surface area contributed by atoms with Gasteiger partial charge in [0.2, 0.25) is 5.91 Å². The first-order chi connectivity index (χ1) is 12.0. The van der Waals surface area contributed by atoms with E-state index in [2.05, 4.69) is 5.43 Å². The van der Waals surface area contributed by atoms with Crippen molar-refractivity contribution in [2.45, 2.75) is 57.8 Å². The Morgan fingerprint density at radius 1 is 1.04 bits per heavy atom. The van der Waals surface area contributed by atoms with E-state index < -0.39 is 23.7 Å². The van der Waals surface area contributed by atoms with Crippen molar-refractivity contribution in [1.29, 1.82) is 0 Å². The van der Waals surface area contributed by atoms with E-state index in [9.17, 15) is 18.0 Å². The average Bonchev–Trinajstić information content (AvgIpc) is 2.77. The third-order valence-corrected chi connectivity index (χ3v) is 4.93. The number of fused-ring (bicyclic) bond motifs is 1. The Balaban J connectivity index is 2.11. The highest BCUT2D eigenvalue weighted by Crippen LogP contribution is 2.43. The number of hydrogen-bond donors (Lipinski definition) is 1. The van der Waals surface area contributed by atoms with Crippen molar-refractivity contribution in [3.8, 4) is 0 Å². The summed E-state index contributed by atoms with van der Waals surface area (Å²) in [6, 6.07) is 8.76. The number of hydrazine groups is 1. The van der Waals surface area contributed by atoms with E-state index in [4.69, 9.17) is 0 Å². The van der Waals surface area contributed by atoms with Crippen LogP contribution in [0.3, 0.4) is 0 Å². The number of carbonyl (C=O) groups is 1. The van der Waals surface area contributed by atoms with Crippen molar-refractivity contribution in [3.05, 3.63) is 47.5 Å². The molecule has 0 unspecified atom stereocenters. The third-order valence-electron chi connectivity index (χ3n) is 4.93. The summed E-state index contributed by atoms with van der Waals surface area (Å²) in [5.41, 5.74) is 2.68. The zero-order valence-corrected chi connectivity index (χ0v) is 15.3. The normalized spacial score (nSPS) is 19.2. The summed E-state index contributed by atoms with van der Waals surface area (Å²) in [6.45, 7) is 7.38. The van der Waals surface area contributed by atoms with E-state index in [0.29, 0.717) is 5.92 Å². The first-order valence-electron chi connectivity index (χ1n) is 8.68. The van der Waals surface area contributed by atoms with Crippen LogP contribution in [0, 0.1) is 0 Å². The minimum absolute atomic E-state index is 0.0324. The van der Waals surface area contributed by atoms with Crippen molar-refractivity contribution < 1.29 is 18.0 Å². The fourth-order valence-electron chi connectivity index (χ4n) is 3.51. The molecule has 0 bridgehead atoms. The Morgan fingerprint density at radius 3 is 2.12 bits per heavy atom. The summed E-state index contributed by atoms with van der Waals surface area (Å²) in [6.07, 6.45) is -4.48. The maximum Gasteiger partial charge on any atom is 0.409 e. The second kappa shape index (κ2) is 6.27. The predicted octanol–water partition coefficient (Wildman–Crippen LogP) is 5.08. The Bertz CT molecular complexity index is 843. The molecule has 1 saturated heterocycles. The smallest absolute Gasteiger partial charge is 0.287 e. The molecule has 1 atom stereocenters. The van der Waals surface area contributed by atoms with E-state index in [0.717, 1.165) is 21.3 Å². The number of nitrogens with one attached hydrogen (secondary N) is 1. The van der Waals surface area contributed by atoms with Crippen LogP contribution in [0.25, 0.3) is 10.8 Å². The number of carbonyl (C=O) groups excluding carboxylic acids is 1. The minimum Gasteiger partial charge on any atom is -0.287 e. The van der Waals surface area contributed by atoms with Crippen LogP contribution >= 0.6 is 0 Å². The molecule has 0 aliphatic carbocycles. The number of halogens is 3. The Kier molecular flexibility index (Phi) is 4.51. The molecule has 0 saturated carbocycles. The van der Waals surface area contributed by atoms with Crippen LogP contribution in [0.1, 0.15) is 57.2 Å². The van der Waals surface area contributed by atoms with Gasteiger partial charge >= 0.3 is 6.18 Å². The summed E-state index contributed by atoms with van der Waals surface area (Å²) in [5.74, 6) is -0.106. The standard InChI is InChI=1S/C20H23F3N2O/c1-12(2)14-7-5-13-6-8-15(10-16(13)9-14)18(20(21,22)23)25-19(3,4)11-17(26)24-25/h5-10,12,18H,11H2,1-4H3,(H,24,26)/t18-/m0/s1. The topological polar surface area (TPSA) is 32.3 Å². The van der Waals surface area contributed by atoms with Gasteiger partial charge in [0.05, 0.1) is 0 Å². The molecule has 0 radical (unpaired) electrons. The van der Waals surface area contributed by atoms with Crippen LogP contribution in [0.4, 0.5) is 13.2 Å². The zero-order valence-electron chi connectivity index (χ0n) is 15.3. The van der Waals surface area contributed by atoms with E-state index in [1.807, 2.05) is 32.0 Å². The van der Waals surface area contributed by atoms with Gasteiger partial charge in [0, 0.05) is 12.0 Å². The molecule has 6 heteroatoms. The molecule has 2 aromatic rings. The van der Waals surface area contributed by atoms with Crippen LogP contribution in [-0.4, -0.2) is 22.6 Å². The van der Waals surface area contributed by atoms with Gasteiger partial charge in [0.1, 0.15) is 0 Å². The van der Waals surface area contributed by atoms with Crippen molar-refractivity contribution in [3.63, 3.8) is 0 Å². The fraction of sp³-hybridized carbons (Fsp3) is 0.450. The monoisotopic (exact) mass is 364 g/mol. The van der Waals surface area contributed by atoms with E-state index in [-0.39, 0.29) is 12.0 Å². The molecule has 26 heavy (non-hydrogen) atoms. The Labute approximate surface area is 151 Å². The van der Waals surface area contributed by atoms with Crippen molar-refractivity contribution in [1.82, 2.24) is 10.4 Å². The van der Waals surface area contributed by atoms with Crippen LogP contribution in [0.5, 0.6) is 0 Å². The van der Waals surface area contributed by atoms with Crippen LogP contribution in [0.15, 0.2) is 36.4 Å². The number of alkyl halides is 3. The molecular formula is C20H23F3N2O. The van der Waals surface area contributed by atoms with Gasteiger partial charge in [-0.1, -0.05) is 44.2 Å². The molecule has 0 aromatic heterocycles. The lowest BCUT2D eigenvalue weighted by Crippen LogP contribution is -2.51. The molecule has 1 heterocycles. The van der Waals surface area contributed by atoms with E-state index in [1.165, 1.54) is 6.07 Å². The van der Waals surface area contributed by atoms with Gasteiger partial charge in [0.25, 0.3) is 0 Å². The quantitative estimate of drug-likeness (QED) is 0.823. The SMILES string of the molecule is CC(C)c1ccc2ccc([C@H](N3NC(=O)CC3(C)C)C(F)(F)F)cc2c1.